The Hall–Kier alpha value is -1.78. The Balaban J connectivity index is 2.32. The summed E-state index contributed by atoms with van der Waals surface area (Å²) in [4.78, 5) is 3.91. The largest absolute Gasteiger partial charge is 0.490 e. The minimum atomic E-state index is -0.791. The Labute approximate surface area is 129 Å². The van der Waals surface area contributed by atoms with Crippen molar-refractivity contribution >= 4 is 11.6 Å². The second-order valence-electron chi connectivity index (χ2n) is 4.39. The topological polar surface area (TPSA) is 51.6 Å². The number of ether oxygens (including phenoxy) is 2. The Morgan fingerprint density at radius 1 is 1.05 bits per heavy atom. The summed E-state index contributed by atoms with van der Waals surface area (Å²) < 4.78 is 11.1. The van der Waals surface area contributed by atoms with E-state index < -0.39 is 6.10 Å². The smallest absolute Gasteiger partial charge is 0.161 e. The van der Waals surface area contributed by atoms with E-state index in [0.29, 0.717) is 41.0 Å². The van der Waals surface area contributed by atoms with Crippen LogP contribution in [0, 0.1) is 0 Å². The van der Waals surface area contributed by atoms with E-state index >= 15 is 0 Å². The summed E-state index contributed by atoms with van der Waals surface area (Å²) in [5.74, 6) is 1.29. The van der Waals surface area contributed by atoms with Crippen molar-refractivity contribution in [2.75, 3.05) is 13.2 Å². The van der Waals surface area contributed by atoms with E-state index in [1.807, 2.05) is 19.9 Å². The molecule has 0 saturated heterocycles. The SMILES string of the molecule is CCOc1ccc(C(O)c2ccnc(Cl)c2)cc1OCC. The molecule has 112 valence electrons. The molecule has 21 heavy (non-hydrogen) atoms. The van der Waals surface area contributed by atoms with Gasteiger partial charge in [0, 0.05) is 6.20 Å². The predicted octanol–water partition coefficient (Wildman–Crippen LogP) is 3.61. The van der Waals surface area contributed by atoms with Gasteiger partial charge < -0.3 is 14.6 Å². The third-order valence-corrected chi connectivity index (χ3v) is 3.16. The van der Waals surface area contributed by atoms with Gasteiger partial charge in [0.2, 0.25) is 0 Å². The quantitative estimate of drug-likeness (QED) is 0.828. The molecule has 2 aromatic rings. The molecule has 0 saturated carbocycles. The maximum Gasteiger partial charge on any atom is 0.161 e. The third-order valence-electron chi connectivity index (χ3n) is 2.95. The van der Waals surface area contributed by atoms with Crippen LogP contribution in [-0.4, -0.2) is 23.3 Å². The lowest BCUT2D eigenvalue weighted by molar-refractivity contribution is 0.218. The van der Waals surface area contributed by atoms with E-state index in [0.717, 1.165) is 0 Å². The summed E-state index contributed by atoms with van der Waals surface area (Å²) in [6.07, 6.45) is 0.777. The zero-order valence-corrected chi connectivity index (χ0v) is 12.8. The molecule has 1 aromatic heterocycles. The fraction of sp³-hybridized carbons (Fsp3) is 0.312. The highest BCUT2D eigenvalue weighted by atomic mass is 35.5. The van der Waals surface area contributed by atoms with Crippen molar-refractivity contribution in [3.05, 3.63) is 52.8 Å². The van der Waals surface area contributed by atoms with Gasteiger partial charge in [0.1, 0.15) is 11.3 Å². The standard InChI is InChI=1S/C16H18ClNO3/c1-3-20-13-6-5-11(9-14(13)21-4-2)16(19)12-7-8-18-15(17)10-12/h5-10,16,19H,3-4H2,1-2H3. The predicted molar refractivity (Wildman–Crippen MR) is 82.1 cm³/mol. The van der Waals surface area contributed by atoms with E-state index in [2.05, 4.69) is 4.98 Å². The number of halogens is 1. The van der Waals surface area contributed by atoms with Gasteiger partial charge in [0.15, 0.2) is 11.5 Å². The lowest BCUT2D eigenvalue weighted by Gasteiger charge is -2.16. The number of benzene rings is 1. The van der Waals surface area contributed by atoms with E-state index in [4.69, 9.17) is 21.1 Å². The lowest BCUT2D eigenvalue weighted by Crippen LogP contribution is -2.03. The zero-order chi connectivity index (χ0) is 15.2. The van der Waals surface area contributed by atoms with E-state index in [1.165, 1.54) is 0 Å². The number of hydrogen-bond acceptors (Lipinski definition) is 4. The highest BCUT2D eigenvalue weighted by Gasteiger charge is 2.14. The van der Waals surface area contributed by atoms with E-state index in [-0.39, 0.29) is 0 Å². The molecule has 0 aliphatic heterocycles. The van der Waals surface area contributed by atoms with Gasteiger partial charge in [0.25, 0.3) is 0 Å². The van der Waals surface area contributed by atoms with Gasteiger partial charge >= 0.3 is 0 Å². The van der Waals surface area contributed by atoms with Crippen molar-refractivity contribution in [3.63, 3.8) is 0 Å². The summed E-state index contributed by atoms with van der Waals surface area (Å²) in [6, 6.07) is 8.77. The third kappa shape index (κ3) is 3.86. The van der Waals surface area contributed by atoms with Crippen molar-refractivity contribution in [1.82, 2.24) is 4.98 Å². The van der Waals surface area contributed by atoms with Crippen molar-refractivity contribution in [1.29, 1.82) is 0 Å². The minimum absolute atomic E-state index is 0.350. The number of pyridine rings is 1. The number of aromatic nitrogens is 1. The van der Waals surface area contributed by atoms with Crippen LogP contribution in [0.15, 0.2) is 36.5 Å². The average molecular weight is 308 g/mol. The average Bonchev–Trinajstić information content (AvgIpc) is 2.49. The van der Waals surface area contributed by atoms with Crippen molar-refractivity contribution in [2.24, 2.45) is 0 Å². The first kappa shape index (κ1) is 15.6. The van der Waals surface area contributed by atoms with Crippen LogP contribution in [0.3, 0.4) is 0 Å². The molecule has 0 radical (unpaired) electrons. The molecular formula is C16H18ClNO3. The first-order valence-electron chi connectivity index (χ1n) is 6.84. The molecule has 2 rings (SSSR count). The molecular weight excluding hydrogens is 290 g/mol. The Kier molecular flexibility index (Phi) is 5.42. The van der Waals surface area contributed by atoms with Gasteiger partial charge in [-0.25, -0.2) is 4.98 Å². The van der Waals surface area contributed by atoms with Gasteiger partial charge in [-0.15, -0.1) is 0 Å². The Bertz CT molecular complexity index is 604. The number of aliphatic hydroxyl groups is 1. The number of hydrogen-bond donors (Lipinski definition) is 1. The normalized spacial score (nSPS) is 12.0. The summed E-state index contributed by atoms with van der Waals surface area (Å²) >= 11 is 5.86. The number of rotatable bonds is 6. The number of aliphatic hydroxyl groups excluding tert-OH is 1. The fourth-order valence-corrected chi connectivity index (χ4v) is 2.20. The molecule has 1 aromatic carbocycles. The van der Waals surface area contributed by atoms with Crippen LogP contribution in [0.1, 0.15) is 31.1 Å². The van der Waals surface area contributed by atoms with Gasteiger partial charge in [0.05, 0.1) is 13.2 Å². The summed E-state index contributed by atoms with van der Waals surface area (Å²) in [5.41, 5.74) is 1.39. The molecule has 1 atom stereocenters. The van der Waals surface area contributed by atoms with Gasteiger partial charge in [-0.2, -0.15) is 0 Å². The summed E-state index contributed by atoms with van der Waals surface area (Å²) in [7, 11) is 0. The first-order chi connectivity index (χ1) is 10.2. The second-order valence-corrected chi connectivity index (χ2v) is 4.77. The van der Waals surface area contributed by atoms with E-state index in [1.54, 1.807) is 30.5 Å². The lowest BCUT2D eigenvalue weighted by atomic mass is 10.0. The highest BCUT2D eigenvalue weighted by molar-refractivity contribution is 6.29. The molecule has 4 nitrogen and oxygen atoms in total. The van der Waals surface area contributed by atoms with Gasteiger partial charge in [-0.1, -0.05) is 17.7 Å². The molecule has 5 heteroatoms. The van der Waals surface area contributed by atoms with Crippen LogP contribution >= 0.6 is 11.6 Å². The van der Waals surface area contributed by atoms with Crippen LogP contribution in [0.25, 0.3) is 0 Å². The molecule has 0 spiro atoms. The number of nitrogens with zero attached hydrogens (tertiary/aromatic N) is 1. The molecule has 0 aliphatic rings. The highest BCUT2D eigenvalue weighted by Crippen LogP contribution is 2.33. The van der Waals surface area contributed by atoms with Crippen molar-refractivity contribution in [3.8, 4) is 11.5 Å². The Morgan fingerprint density at radius 2 is 1.71 bits per heavy atom. The molecule has 0 amide bonds. The maximum atomic E-state index is 10.4. The second kappa shape index (κ2) is 7.29. The maximum absolute atomic E-state index is 10.4. The molecule has 1 heterocycles. The minimum Gasteiger partial charge on any atom is -0.490 e. The first-order valence-corrected chi connectivity index (χ1v) is 7.22. The van der Waals surface area contributed by atoms with Crippen LogP contribution in [0.2, 0.25) is 5.15 Å². The monoisotopic (exact) mass is 307 g/mol. The van der Waals surface area contributed by atoms with Crippen LogP contribution in [0.4, 0.5) is 0 Å². The van der Waals surface area contributed by atoms with Crippen LogP contribution < -0.4 is 9.47 Å². The molecule has 1 unspecified atom stereocenters. The van der Waals surface area contributed by atoms with Crippen molar-refractivity contribution < 1.29 is 14.6 Å². The van der Waals surface area contributed by atoms with Crippen molar-refractivity contribution in [2.45, 2.75) is 20.0 Å². The van der Waals surface area contributed by atoms with Crippen LogP contribution in [-0.2, 0) is 0 Å². The molecule has 0 bridgehead atoms. The summed E-state index contributed by atoms with van der Waals surface area (Å²) in [6.45, 7) is 4.90. The van der Waals surface area contributed by atoms with Gasteiger partial charge in [-0.05, 0) is 49.2 Å². The zero-order valence-electron chi connectivity index (χ0n) is 12.0. The molecule has 0 aliphatic carbocycles. The van der Waals surface area contributed by atoms with Gasteiger partial charge in [-0.3, -0.25) is 0 Å². The van der Waals surface area contributed by atoms with Crippen LogP contribution in [0.5, 0.6) is 11.5 Å². The molecule has 0 fully saturated rings. The fourth-order valence-electron chi connectivity index (χ4n) is 2.02. The van der Waals surface area contributed by atoms with E-state index in [9.17, 15) is 5.11 Å². The Morgan fingerprint density at radius 3 is 2.38 bits per heavy atom. The molecule has 1 N–H and O–H groups in total. The summed E-state index contributed by atoms with van der Waals surface area (Å²) in [5, 5.41) is 10.8.